The molecule has 0 aromatic carbocycles. The molecule has 0 fully saturated rings. The van der Waals surface area contributed by atoms with E-state index in [1.807, 2.05) is 0 Å². The highest BCUT2D eigenvalue weighted by Crippen LogP contribution is 1.94. The molecule has 0 bridgehead atoms. The molecule has 0 saturated heterocycles. The van der Waals surface area contributed by atoms with E-state index < -0.39 is 12.0 Å². The Morgan fingerprint density at radius 3 is 2.21 bits per heavy atom. The number of halogens is 2. The first kappa shape index (κ1) is 19.3. The van der Waals surface area contributed by atoms with Crippen LogP contribution in [0.4, 0.5) is 0 Å². The lowest BCUT2D eigenvalue weighted by molar-refractivity contribution is -0.138. The quantitative estimate of drug-likeness (QED) is 0.309. The van der Waals surface area contributed by atoms with Crippen molar-refractivity contribution in [2.45, 2.75) is 18.9 Å². The van der Waals surface area contributed by atoms with Gasteiger partial charge in [0.2, 0.25) is 0 Å². The molecule has 0 aromatic heterocycles. The van der Waals surface area contributed by atoms with Crippen molar-refractivity contribution in [1.82, 2.24) is 0 Å². The van der Waals surface area contributed by atoms with Crippen molar-refractivity contribution in [3.8, 4) is 0 Å². The maximum atomic E-state index is 10.2. The number of carboxylic acid groups (broad SMARTS) is 1. The van der Waals surface area contributed by atoms with Gasteiger partial charge in [-0.25, -0.2) is 0 Å². The molecule has 86 valence electrons. The largest absolute Gasteiger partial charge is 0.480 e. The van der Waals surface area contributed by atoms with Crippen LogP contribution in [0.5, 0.6) is 0 Å². The van der Waals surface area contributed by atoms with E-state index in [1.54, 1.807) is 0 Å². The predicted molar refractivity (Wildman–Crippen MR) is 66.2 cm³/mol. The molecule has 0 aromatic rings. The molecule has 0 radical (unpaired) electrons. The molecule has 1 atom stereocenters. The molecule has 0 aliphatic heterocycles. The van der Waals surface area contributed by atoms with Crippen LogP contribution in [-0.4, -0.2) is 29.6 Å². The summed E-state index contributed by atoms with van der Waals surface area (Å²) in [5.74, 6) is -0.987. The average Bonchev–Trinajstić information content (AvgIpc) is 1.97. The number of hydrogen-bond donors (Lipinski definition) is 4. The highest BCUT2D eigenvalue weighted by atomic mass is 79.9. The number of guanidine groups is 1. The lowest BCUT2D eigenvalue weighted by Gasteiger charge is -2.03. The Bertz CT molecular complexity index is 185. The van der Waals surface area contributed by atoms with Gasteiger partial charge in [-0.15, -0.1) is 34.0 Å². The van der Waals surface area contributed by atoms with Crippen LogP contribution in [-0.2, 0) is 4.79 Å². The Morgan fingerprint density at radius 2 is 1.86 bits per heavy atom. The van der Waals surface area contributed by atoms with Gasteiger partial charge in [-0.2, -0.15) is 0 Å². The Balaban J connectivity index is -0.000000605. The molecular weight excluding hydrogens is 320 g/mol. The minimum absolute atomic E-state index is 0. The van der Waals surface area contributed by atoms with Crippen molar-refractivity contribution in [1.29, 1.82) is 0 Å². The van der Waals surface area contributed by atoms with E-state index in [9.17, 15) is 4.79 Å². The first-order chi connectivity index (χ1) is 5.54. The van der Waals surface area contributed by atoms with Crippen molar-refractivity contribution in [3.05, 3.63) is 0 Å². The SMILES string of the molecule is Br.Br.NC(N)=NCCCC(N)C(=O)O. The molecule has 7 N–H and O–H groups in total. The molecule has 6 nitrogen and oxygen atoms in total. The van der Waals surface area contributed by atoms with Crippen molar-refractivity contribution in [2.24, 2.45) is 22.2 Å². The van der Waals surface area contributed by atoms with Crippen LogP contribution in [0.25, 0.3) is 0 Å². The zero-order valence-electron chi connectivity index (χ0n) is 7.55. The number of aliphatic imine (C=N–C) groups is 1. The van der Waals surface area contributed by atoms with Gasteiger partial charge in [0.15, 0.2) is 5.96 Å². The molecule has 0 amide bonds. The third-order valence-electron chi connectivity index (χ3n) is 1.28. The Morgan fingerprint density at radius 1 is 1.36 bits per heavy atom. The summed E-state index contributed by atoms with van der Waals surface area (Å²) in [6.07, 6.45) is 0.956. The number of hydrogen-bond acceptors (Lipinski definition) is 3. The predicted octanol–water partition coefficient (Wildman–Crippen LogP) is -0.392. The van der Waals surface area contributed by atoms with Gasteiger partial charge in [0.05, 0.1) is 0 Å². The third kappa shape index (κ3) is 11.7. The van der Waals surface area contributed by atoms with Gasteiger partial charge in [0.25, 0.3) is 0 Å². The van der Waals surface area contributed by atoms with Gasteiger partial charge in [-0.3, -0.25) is 9.79 Å². The van der Waals surface area contributed by atoms with Gasteiger partial charge in [-0.05, 0) is 12.8 Å². The van der Waals surface area contributed by atoms with Gasteiger partial charge in [0, 0.05) is 6.54 Å². The molecule has 0 aliphatic rings. The van der Waals surface area contributed by atoms with E-state index in [0.717, 1.165) is 0 Å². The highest BCUT2D eigenvalue weighted by Gasteiger charge is 2.09. The van der Waals surface area contributed by atoms with Crippen molar-refractivity contribution in [3.63, 3.8) is 0 Å². The summed E-state index contributed by atoms with van der Waals surface area (Å²) >= 11 is 0. The van der Waals surface area contributed by atoms with Crippen molar-refractivity contribution < 1.29 is 9.90 Å². The number of rotatable bonds is 5. The average molecular weight is 336 g/mol. The molecule has 8 heteroatoms. The van der Waals surface area contributed by atoms with Crippen LogP contribution < -0.4 is 17.2 Å². The lowest BCUT2D eigenvalue weighted by atomic mass is 10.2. The molecule has 0 spiro atoms. The number of carboxylic acids is 1. The maximum Gasteiger partial charge on any atom is 0.320 e. The van der Waals surface area contributed by atoms with E-state index in [0.29, 0.717) is 19.4 Å². The number of nitrogens with two attached hydrogens (primary N) is 3. The summed E-state index contributed by atoms with van der Waals surface area (Å²) in [6.45, 7) is 0.420. The van der Waals surface area contributed by atoms with Gasteiger partial charge >= 0.3 is 5.97 Å². The summed E-state index contributed by atoms with van der Waals surface area (Å²) < 4.78 is 0. The van der Waals surface area contributed by atoms with Crippen LogP contribution >= 0.6 is 34.0 Å². The van der Waals surface area contributed by atoms with E-state index in [4.69, 9.17) is 22.3 Å². The minimum atomic E-state index is -1.00. The standard InChI is InChI=1S/C6H14N4O2.2BrH/c7-4(5(11)12)2-1-3-10-6(8)9;;/h4H,1-3,7H2,(H,11,12)(H4,8,9,10);2*1H. The molecular formula is C6H16Br2N4O2. The second kappa shape index (κ2) is 10.7. The summed E-state index contributed by atoms with van der Waals surface area (Å²) in [4.78, 5) is 13.9. The van der Waals surface area contributed by atoms with E-state index in [2.05, 4.69) is 4.99 Å². The Hall–Kier alpha value is -0.340. The first-order valence-electron chi connectivity index (χ1n) is 3.58. The molecule has 1 unspecified atom stereocenters. The lowest BCUT2D eigenvalue weighted by Crippen LogP contribution is -2.30. The fourth-order valence-corrected chi connectivity index (χ4v) is 0.643. The smallest absolute Gasteiger partial charge is 0.320 e. The Labute approximate surface area is 103 Å². The monoisotopic (exact) mass is 334 g/mol. The fraction of sp³-hybridized carbons (Fsp3) is 0.667. The normalized spacial score (nSPS) is 10.4. The summed E-state index contributed by atoms with van der Waals surface area (Å²) in [6, 6.07) is -0.820. The first-order valence-corrected chi connectivity index (χ1v) is 3.58. The summed E-state index contributed by atoms with van der Waals surface area (Å²) in [7, 11) is 0. The van der Waals surface area contributed by atoms with Gasteiger partial charge < -0.3 is 22.3 Å². The molecule has 14 heavy (non-hydrogen) atoms. The van der Waals surface area contributed by atoms with Gasteiger partial charge in [-0.1, -0.05) is 0 Å². The van der Waals surface area contributed by atoms with Crippen LogP contribution in [0.2, 0.25) is 0 Å². The van der Waals surface area contributed by atoms with E-state index >= 15 is 0 Å². The molecule has 0 rings (SSSR count). The van der Waals surface area contributed by atoms with Crippen molar-refractivity contribution in [2.75, 3.05) is 6.54 Å². The van der Waals surface area contributed by atoms with Gasteiger partial charge in [0.1, 0.15) is 6.04 Å². The zero-order valence-corrected chi connectivity index (χ0v) is 11.0. The second-order valence-corrected chi connectivity index (χ2v) is 2.39. The van der Waals surface area contributed by atoms with Crippen LogP contribution in [0, 0.1) is 0 Å². The van der Waals surface area contributed by atoms with E-state index in [1.165, 1.54) is 0 Å². The third-order valence-corrected chi connectivity index (χ3v) is 1.28. The summed E-state index contributed by atoms with van der Waals surface area (Å²) in [5, 5.41) is 8.38. The number of nitrogens with zero attached hydrogens (tertiary/aromatic N) is 1. The van der Waals surface area contributed by atoms with Crippen molar-refractivity contribution >= 4 is 45.9 Å². The molecule has 0 aliphatic carbocycles. The van der Waals surface area contributed by atoms with Crippen LogP contribution in [0.1, 0.15) is 12.8 Å². The number of carbonyl (C=O) groups is 1. The van der Waals surface area contributed by atoms with Crippen LogP contribution in [0.15, 0.2) is 4.99 Å². The highest BCUT2D eigenvalue weighted by molar-refractivity contribution is 8.93. The maximum absolute atomic E-state index is 10.2. The van der Waals surface area contributed by atoms with E-state index in [-0.39, 0.29) is 39.9 Å². The zero-order chi connectivity index (χ0) is 9.56. The second-order valence-electron chi connectivity index (χ2n) is 2.39. The minimum Gasteiger partial charge on any atom is -0.480 e. The topological polar surface area (TPSA) is 128 Å². The van der Waals surface area contributed by atoms with Crippen LogP contribution in [0.3, 0.4) is 0 Å². The fourth-order valence-electron chi connectivity index (χ4n) is 0.643. The summed E-state index contributed by atoms with van der Waals surface area (Å²) in [5.41, 5.74) is 15.3. The molecule has 0 saturated carbocycles. The Kier molecular flexibility index (Phi) is 14.8. The molecule has 0 heterocycles. The number of aliphatic carboxylic acids is 1.